The summed E-state index contributed by atoms with van der Waals surface area (Å²) in [7, 11) is 0. The van der Waals surface area contributed by atoms with Crippen molar-refractivity contribution >= 4 is 22.9 Å². The highest BCUT2D eigenvalue weighted by Crippen LogP contribution is 2.08. The molecule has 1 aromatic rings. The average molecular weight is 119 g/mol. The standard InChI is InChI=1S/C3HClNS/c4-3-5-1-2-6-3/h1H. The fraction of sp³-hybridized carbons (Fsp3) is 0. The first-order valence-electron chi connectivity index (χ1n) is 1.37. The van der Waals surface area contributed by atoms with Crippen molar-refractivity contribution in [1.82, 2.24) is 4.98 Å². The Kier molecular flexibility index (Phi) is 1.08. The second-order valence-corrected chi connectivity index (χ2v) is 2.14. The zero-order chi connectivity index (χ0) is 4.41. The molecule has 1 rings (SSSR count). The van der Waals surface area contributed by atoms with Gasteiger partial charge in [-0.05, 0) is 0 Å². The number of hydrogen-bond donors (Lipinski definition) is 0. The summed E-state index contributed by atoms with van der Waals surface area (Å²) < 4.78 is 0.551. The molecule has 0 bridgehead atoms. The largest absolute Gasteiger partial charge is 0.233 e. The van der Waals surface area contributed by atoms with E-state index >= 15 is 0 Å². The summed E-state index contributed by atoms with van der Waals surface area (Å²) in [5.41, 5.74) is 0. The second kappa shape index (κ2) is 1.58. The Hall–Kier alpha value is -0.0800. The maximum Gasteiger partial charge on any atom is 0.184 e. The lowest BCUT2D eigenvalue weighted by atomic mass is 11.0. The van der Waals surface area contributed by atoms with Crippen LogP contribution >= 0.6 is 22.9 Å². The van der Waals surface area contributed by atoms with Crippen molar-refractivity contribution in [3.63, 3.8) is 0 Å². The highest BCUT2D eigenvalue weighted by Gasteiger charge is 1.80. The van der Waals surface area contributed by atoms with Gasteiger partial charge in [-0.1, -0.05) is 11.6 Å². The fourth-order valence-electron chi connectivity index (χ4n) is 0.178. The topological polar surface area (TPSA) is 12.9 Å². The summed E-state index contributed by atoms with van der Waals surface area (Å²) in [5, 5.41) is 2.73. The zero-order valence-corrected chi connectivity index (χ0v) is 4.38. The summed E-state index contributed by atoms with van der Waals surface area (Å²) in [5.74, 6) is 0. The van der Waals surface area contributed by atoms with Crippen LogP contribution in [0.1, 0.15) is 0 Å². The summed E-state index contributed by atoms with van der Waals surface area (Å²) >= 11 is 6.64. The molecule has 0 amide bonds. The molecule has 1 radical (unpaired) electrons. The Labute approximate surface area is 44.6 Å². The van der Waals surface area contributed by atoms with E-state index in [0.717, 1.165) is 0 Å². The van der Waals surface area contributed by atoms with Crippen molar-refractivity contribution in [3.8, 4) is 0 Å². The van der Waals surface area contributed by atoms with E-state index in [0.29, 0.717) is 4.47 Å². The van der Waals surface area contributed by atoms with Gasteiger partial charge in [-0.3, -0.25) is 0 Å². The van der Waals surface area contributed by atoms with Gasteiger partial charge in [0.25, 0.3) is 0 Å². The van der Waals surface area contributed by atoms with Gasteiger partial charge in [-0.15, -0.1) is 11.3 Å². The Morgan fingerprint density at radius 3 is 3.00 bits per heavy atom. The molecule has 0 N–H and O–H groups in total. The lowest BCUT2D eigenvalue weighted by Gasteiger charge is -1.60. The van der Waals surface area contributed by atoms with Crippen LogP contribution in [0.5, 0.6) is 0 Å². The van der Waals surface area contributed by atoms with Gasteiger partial charge in [0.15, 0.2) is 4.47 Å². The van der Waals surface area contributed by atoms with E-state index in [-0.39, 0.29) is 0 Å². The van der Waals surface area contributed by atoms with Gasteiger partial charge in [0.05, 0.1) is 5.38 Å². The van der Waals surface area contributed by atoms with E-state index in [1.807, 2.05) is 0 Å². The summed E-state index contributed by atoms with van der Waals surface area (Å²) in [6.07, 6.45) is 1.55. The van der Waals surface area contributed by atoms with Crippen molar-refractivity contribution < 1.29 is 0 Å². The second-order valence-electron chi connectivity index (χ2n) is 0.731. The minimum absolute atomic E-state index is 0.551. The molecule has 0 fully saturated rings. The Morgan fingerprint density at radius 1 is 2.00 bits per heavy atom. The molecule has 0 aromatic carbocycles. The minimum Gasteiger partial charge on any atom is -0.233 e. The average Bonchev–Trinajstić information content (AvgIpc) is 1.86. The third-order valence-electron chi connectivity index (χ3n) is 0.362. The Morgan fingerprint density at radius 2 is 2.83 bits per heavy atom. The highest BCUT2D eigenvalue weighted by molar-refractivity contribution is 7.13. The number of hydrogen-bond acceptors (Lipinski definition) is 2. The van der Waals surface area contributed by atoms with Crippen LogP contribution in [0.25, 0.3) is 0 Å². The van der Waals surface area contributed by atoms with E-state index in [1.165, 1.54) is 11.3 Å². The lowest BCUT2D eigenvalue weighted by Crippen LogP contribution is -1.47. The normalized spacial score (nSPS) is 8.83. The molecule has 0 saturated carbocycles. The summed E-state index contributed by atoms with van der Waals surface area (Å²) in [6, 6.07) is 0. The Balaban J connectivity index is 3.05. The molecule has 0 atom stereocenters. The van der Waals surface area contributed by atoms with E-state index in [1.54, 1.807) is 6.20 Å². The number of aromatic nitrogens is 1. The summed E-state index contributed by atoms with van der Waals surface area (Å²) in [4.78, 5) is 3.65. The number of thiazole rings is 1. The Bertz CT molecular complexity index is 114. The maximum absolute atomic E-state index is 5.33. The highest BCUT2D eigenvalue weighted by atomic mass is 35.5. The van der Waals surface area contributed by atoms with Crippen molar-refractivity contribution in [2.75, 3.05) is 0 Å². The maximum atomic E-state index is 5.33. The van der Waals surface area contributed by atoms with Crippen molar-refractivity contribution in [1.29, 1.82) is 0 Å². The molecule has 0 aliphatic heterocycles. The van der Waals surface area contributed by atoms with Crippen molar-refractivity contribution in [3.05, 3.63) is 16.0 Å². The third-order valence-corrected chi connectivity index (χ3v) is 1.19. The van der Waals surface area contributed by atoms with Crippen LogP contribution in [0.15, 0.2) is 6.20 Å². The summed E-state index contributed by atoms with van der Waals surface area (Å²) in [6.45, 7) is 0. The lowest BCUT2D eigenvalue weighted by molar-refractivity contribution is 1.42. The quantitative estimate of drug-likeness (QED) is 0.504. The predicted octanol–water partition coefficient (Wildman–Crippen LogP) is 1.60. The molecule has 0 spiro atoms. The number of nitrogens with zero attached hydrogens (tertiary/aromatic N) is 1. The molecule has 3 heteroatoms. The van der Waals surface area contributed by atoms with Crippen LogP contribution in [-0.4, -0.2) is 4.98 Å². The van der Waals surface area contributed by atoms with E-state index in [9.17, 15) is 0 Å². The van der Waals surface area contributed by atoms with Gasteiger partial charge in [-0.25, -0.2) is 4.98 Å². The van der Waals surface area contributed by atoms with Gasteiger partial charge in [-0.2, -0.15) is 0 Å². The monoisotopic (exact) mass is 118 g/mol. The van der Waals surface area contributed by atoms with E-state index < -0.39 is 0 Å². The molecule has 0 saturated heterocycles. The van der Waals surface area contributed by atoms with Gasteiger partial charge >= 0.3 is 0 Å². The van der Waals surface area contributed by atoms with E-state index in [4.69, 9.17) is 11.6 Å². The first-order chi connectivity index (χ1) is 2.89. The molecular formula is C3HClNS. The molecular weight excluding hydrogens is 118 g/mol. The van der Waals surface area contributed by atoms with Crippen molar-refractivity contribution in [2.24, 2.45) is 0 Å². The first kappa shape index (κ1) is 4.09. The zero-order valence-electron chi connectivity index (χ0n) is 2.81. The molecule has 0 aliphatic rings. The van der Waals surface area contributed by atoms with Crippen LogP contribution in [0.4, 0.5) is 0 Å². The van der Waals surface area contributed by atoms with E-state index in [2.05, 4.69) is 10.4 Å². The van der Waals surface area contributed by atoms with Crippen LogP contribution in [-0.2, 0) is 0 Å². The van der Waals surface area contributed by atoms with Gasteiger partial charge in [0, 0.05) is 6.20 Å². The predicted molar refractivity (Wildman–Crippen MR) is 26.0 cm³/mol. The van der Waals surface area contributed by atoms with Crippen LogP contribution in [0, 0.1) is 5.38 Å². The number of halogens is 1. The molecule has 1 aromatic heterocycles. The molecule has 0 unspecified atom stereocenters. The molecule has 0 aliphatic carbocycles. The number of rotatable bonds is 0. The fourth-order valence-corrected chi connectivity index (χ4v) is 0.669. The first-order valence-corrected chi connectivity index (χ1v) is 2.56. The van der Waals surface area contributed by atoms with Crippen LogP contribution < -0.4 is 0 Å². The van der Waals surface area contributed by atoms with Crippen LogP contribution in [0.3, 0.4) is 0 Å². The minimum atomic E-state index is 0.551. The molecule has 6 heavy (non-hydrogen) atoms. The molecule has 1 heterocycles. The molecule has 1 nitrogen and oxygen atoms in total. The van der Waals surface area contributed by atoms with Crippen molar-refractivity contribution in [2.45, 2.75) is 0 Å². The van der Waals surface area contributed by atoms with Crippen LogP contribution in [0.2, 0.25) is 4.47 Å². The van der Waals surface area contributed by atoms with Gasteiger partial charge in [0.1, 0.15) is 0 Å². The van der Waals surface area contributed by atoms with Gasteiger partial charge < -0.3 is 0 Å². The SMILES string of the molecule is Clc1nc[c]s1. The molecule has 31 valence electrons. The smallest absolute Gasteiger partial charge is 0.184 e. The van der Waals surface area contributed by atoms with Gasteiger partial charge in [0.2, 0.25) is 0 Å². The third kappa shape index (κ3) is 0.698.